The number of hydrogen-bond acceptors (Lipinski definition) is 3. The Balaban J connectivity index is 1.62. The van der Waals surface area contributed by atoms with Crippen molar-refractivity contribution < 1.29 is 4.39 Å². The van der Waals surface area contributed by atoms with Crippen molar-refractivity contribution in [2.75, 3.05) is 31.1 Å². The maximum absolute atomic E-state index is 13.3. The van der Waals surface area contributed by atoms with E-state index in [1.54, 1.807) is 12.1 Å². The summed E-state index contributed by atoms with van der Waals surface area (Å²) in [6.07, 6.45) is 6.53. The van der Waals surface area contributed by atoms with Crippen molar-refractivity contribution in [2.45, 2.75) is 44.7 Å². The Morgan fingerprint density at radius 3 is 2.43 bits per heavy atom. The summed E-state index contributed by atoms with van der Waals surface area (Å²) in [4.78, 5) is 5.05. The number of anilines is 1. The van der Waals surface area contributed by atoms with Gasteiger partial charge in [-0.25, -0.2) is 4.39 Å². The zero-order valence-electron chi connectivity index (χ0n) is 12.7. The molecule has 3 nitrogen and oxygen atoms in total. The lowest BCUT2D eigenvalue weighted by molar-refractivity contribution is 0.141. The van der Waals surface area contributed by atoms with Crippen molar-refractivity contribution >= 4 is 5.69 Å². The van der Waals surface area contributed by atoms with Crippen LogP contribution in [0.25, 0.3) is 0 Å². The van der Waals surface area contributed by atoms with Gasteiger partial charge in [0.05, 0.1) is 0 Å². The summed E-state index contributed by atoms with van der Waals surface area (Å²) < 4.78 is 13.3. The first-order valence-electron chi connectivity index (χ1n) is 8.25. The monoisotopic (exact) mass is 291 g/mol. The first-order valence-corrected chi connectivity index (χ1v) is 8.25. The molecule has 2 aliphatic heterocycles. The molecule has 2 fully saturated rings. The van der Waals surface area contributed by atoms with Gasteiger partial charge in [-0.05, 0) is 62.5 Å². The number of nitrogens with zero attached hydrogens (tertiary/aromatic N) is 2. The van der Waals surface area contributed by atoms with Crippen LogP contribution in [0, 0.1) is 5.82 Å². The quantitative estimate of drug-likeness (QED) is 0.929. The van der Waals surface area contributed by atoms with Gasteiger partial charge in [0.25, 0.3) is 0 Å². The van der Waals surface area contributed by atoms with Crippen molar-refractivity contribution in [1.29, 1.82) is 0 Å². The Morgan fingerprint density at radius 2 is 1.76 bits per heavy atom. The predicted octanol–water partition coefficient (Wildman–Crippen LogP) is 2.74. The molecule has 1 aromatic rings. The van der Waals surface area contributed by atoms with Crippen LogP contribution < -0.4 is 10.6 Å². The summed E-state index contributed by atoms with van der Waals surface area (Å²) in [6, 6.07) is 5.75. The average molecular weight is 291 g/mol. The number of rotatable bonds is 3. The number of halogens is 1. The van der Waals surface area contributed by atoms with Gasteiger partial charge >= 0.3 is 0 Å². The van der Waals surface area contributed by atoms with E-state index < -0.39 is 0 Å². The number of likely N-dealkylation sites (tertiary alicyclic amines) is 1. The summed E-state index contributed by atoms with van der Waals surface area (Å²) in [6.45, 7) is 5.06. The van der Waals surface area contributed by atoms with Gasteiger partial charge in [-0.15, -0.1) is 0 Å². The number of piperidine rings is 2. The lowest BCUT2D eigenvalue weighted by Crippen LogP contribution is -2.47. The molecule has 1 aromatic carbocycles. The van der Waals surface area contributed by atoms with Crippen molar-refractivity contribution in [3.63, 3.8) is 0 Å². The lowest BCUT2D eigenvalue weighted by Gasteiger charge is -2.41. The third-order valence-corrected chi connectivity index (χ3v) is 4.97. The van der Waals surface area contributed by atoms with E-state index in [2.05, 4.69) is 9.80 Å². The molecule has 0 atom stereocenters. The molecule has 2 N–H and O–H groups in total. The molecule has 0 radical (unpaired) electrons. The number of hydrogen-bond donors (Lipinski definition) is 1. The molecule has 0 amide bonds. The summed E-state index contributed by atoms with van der Waals surface area (Å²) in [5.41, 5.74) is 7.81. The van der Waals surface area contributed by atoms with Gasteiger partial charge in [0.15, 0.2) is 0 Å². The van der Waals surface area contributed by atoms with E-state index in [9.17, 15) is 4.39 Å². The molecule has 4 heteroatoms. The molecule has 2 saturated heterocycles. The van der Waals surface area contributed by atoms with Crippen molar-refractivity contribution in [1.82, 2.24) is 4.90 Å². The minimum absolute atomic E-state index is 0.192. The highest BCUT2D eigenvalue weighted by Gasteiger charge is 2.26. The molecule has 0 unspecified atom stereocenters. The van der Waals surface area contributed by atoms with Crippen LogP contribution in [-0.2, 0) is 6.54 Å². The molecule has 3 rings (SSSR count). The van der Waals surface area contributed by atoms with E-state index in [1.165, 1.54) is 45.2 Å². The van der Waals surface area contributed by atoms with E-state index >= 15 is 0 Å². The molecular formula is C17H26FN3. The normalized spacial score (nSPS) is 21.7. The minimum atomic E-state index is -0.192. The summed E-state index contributed by atoms with van der Waals surface area (Å²) in [5.74, 6) is -0.192. The fraction of sp³-hybridized carbons (Fsp3) is 0.647. The van der Waals surface area contributed by atoms with Crippen molar-refractivity contribution in [3.05, 3.63) is 29.6 Å². The van der Waals surface area contributed by atoms with Gasteiger partial charge in [-0.3, -0.25) is 0 Å². The second-order valence-corrected chi connectivity index (χ2v) is 6.29. The molecule has 0 aromatic heterocycles. The van der Waals surface area contributed by atoms with Crippen molar-refractivity contribution in [2.24, 2.45) is 5.73 Å². The Morgan fingerprint density at radius 1 is 1.05 bits per heavy atom. The SMILES string of the molecule is NCc1cc(F)ccc1N1CCC(N2CCCCC2)CC1. The highest BCUT2D eigenvalue weighted by molar-refractivity contribution is 5.54. The van der Waals surface area contributed by atoms with E-state index in [0.29, 0.717) is 6.54 Å². The highest BCUT2D eigenvalue weighted by Crippen LogP contribution is 2.27. The third kappa shape index (κ3) is 3.38. The van der Waals surface area contributed by atoms with E-state index in [0.717, 1.165) is 30.4 Å². The van der Waals surface area contributed by atoms with E-state index in [4.69, 9.17) is 5.73 Å². The van der Waals surface area contributed by atoms with Crippen LogP contribution in [0.5, 0.6) is 0 Å². The second kappa shape index (κ2) is 6.75. The maximum atomic E-state index is 13.3. The molecule has 21 heavy (non-hydrogen) atoms. The van der Waals surface area contributed by atoms with E-state index in [-0.39, 0.29) is 5.82 Å². The van der Waals surface area contributed by atoms with Crippen LogP contribution in [0.3, 0.4) is 0 Å². The van der Waals surface area contributed by atoms with Crippen LogP contribution in [0.15, 0.2) is 18.2 Å². The van der Waals surface area contributed by atoms with Crippen LogP contribution in [-0.4, -0.2) is 37.1 Å². The number of benzene rings is 1. The largest absolute Gasteiger partial charge is 0.371 e. The third-order valence-electron chi connectivity index (χ3n) is 4.97. The zero-order chi connectivity index (χ0) is 14.7. The topological polar surface area (TPSA) is 32.5 Å². The van der Waals surface area contributed by atoms with Gasteiger partial charge in [0.2, 0.25) is 0 Å². The van der Waals surface area contributed by atoms with Crippen LogP contribution >= 0.6 is 0 Å². The van der Waals surface area contributed by atoms with Gasteiger partial charge < -0.3 is 15.5 Å². The Labute approximate surface area is 126 Å². The lowest BCUT2D eigenvalue weighted by atomic mass is 9.99. The van der Waals surface area contributed by atoms with Crippen LogP contribution in [0.1, 0.15) is 37.7 Å². The molecule has 0 aliphatic carbocycles. The molecule has 2 heterocycles. The molecule has 116 valence electrons. The summed E-state index contributed by atoms with van der Waals surface area (Å²) >= 11 is 0. The molecule has 0 spiro atoms. The van der Waals surface area contributed by atoms with Crippen LogP contribution in [0.4, 0.5) is 10.1 Å². The molecular weight excluding hydrogens is 265 g/mol. The maximum Gasteiger partial charge on any atom is 0.123 e. The minimum Gasteiger partial charge on any atom is -0.371 e. The molecule has 0 saturated carbocycles. The van der Waals surface area contributed by atoms with E-state index in [1.807, 2.05) is 6.07 Å². The average Bonchev–Trinajstić information content (AvgIpc) is 2.56. The Kier molecular flexibility index (Phi) is 4.76. The van der Waals surface area contributed by atoms with Crippen LogP contribution in [0.2, 0.25) is 0 Å². The molecule has 0 bridgehead atoms. The predicted molar refractivity (Wildman–Crippen MR) is 85.0 cm³/mol. The van der Waals surface area contributed by atoms with Gasteiger partial charge in [0.1, 0.15) is 5.82 Å². The fourth-order valence-electron chi connectivity index (χ4n) is 3.78. The van der Waals surface area contributed by atoms with Gasteiger partial charge in [-0.1, -0.05) is 6.42 Å². The first-order chi connectivity index (χ1) is 10.3. The highest BCUT2D eigenvalue weighted by atomic mass is 19.1. The van der Waals surface area contributed by atoms with Gasteiger partial charge in [0, 0.05) is 31.4 Å². The van der Waals surface area contributed by atoms with Gasteiger partial charge in [-0.2, -0.15) is 0 Å². The van der Waals surface area contributed by atoms with Crippen molar-refractivity contribution in [3.8, 4) is 0 Å². The second-order valence-electron chi connectivity index (χ2n) is 6.29. The summed E-state index contributed by atoms with van der Waals surface area (Å²) in [7, 11) is 0. The molecule has 2 aliphatic rings. The standard InChI is InChI=1S/C17H26FN3/c18-15-4-5-17(14(12-15)13-19)21-10-6-16(7-11-21)20-8-2-1-3-9-20/h4-5,12,16H,1-3,6-11,13,19H2. The smallest absolute Gasteiger partial charge is 0.123 e. The Hall–Kier alpha value is -1.13. The fourth-order valence-corrected chi connectivity index (χ4v) is 3.78. The summed E-state index contributed by atoms with van der Waals surface area (Å²) in [5, 5.41) is 0. The Bertz CT molecular complexity index is 463. The first kappa shape index (κ1) is 14.8. The zero-order valence-corrected chi connectivity index (χ0v) is 12.7. The number of nitrogens with two attached hydrogens (primary N) is 1.